The monoisotopic (exact) mass is 396 g/mol. The van der Waals surface area contributed by atoms with Gasteiger partial charge in [-0.05, 0) is 32.1 Å². The smallest absolute Gasteiger partial charge is 0.306 e. The summed E-state index contributed by atoms with van der Waals surface area (Å²) in [5.41, 5.74) is 0. The van der Waals surface area contributed by atoms with Crippen molar-refractivity contribution in [3.05, 3.63) is 0 Å². The Balaban J connectivity index is 0.000000292. The third-order valence-electron chi connectivity index (χ3n) is 5.85. The Hall–Kier alpha value is -1.06. The van der Waals surface area contributed by atoms with Gasteiger partial charge < -0.3 is 9.47 Å². The fourth-order valence-electron chi connectivity index (χ4n) is 3.96. The van der Waals surface area contributed by atoms with Crippen LogP contribution in [0.25, 0.3) is 0 Å². The SMILES string of the molecule is CCCCCC1OC(=O)CC1C.CCCCCCCCCCC1CCC(=O)O1. The molecule has 0 bridgehead atoms. The van der Waals surface area contributed by atoms with Gasteiger partial charge in [0.15, 0.2) is 0 Å². The number of hydrogen-bond donors (Lipinski definition) is 0. The largest absolute Gasteiger partial charge is 0.462 e. The molecule has 28 heavy (non-hydrogen) atoms. The van der Waals surface area contributed by atoms with E-state index in [0.29, 0.717) is 18.8 Å². The van der Waals surface area contributed by atoms with E-state index in [1.807, 2.05) is 0 Å². The highest BCUT2D eigenvalue weighted by Crippen LogP contribution is 2.25. The summed E-state index contributed by atoms with van der Waals surface area (Å²) in [6, 6.07) is 0. The van der Waals surface area contributed by atoms with E-state index in [-0.39, 0.29) is 24.1 Å². The molecule has 0 aliphatic carbocycles. The number of esters is 2. The van der Waals surface area contributed by atoms with Crippen LogP contribution in [0.4, 0.5) is 0 Å². The first kappa shape index (κ1) is 25.0. The molecule has 0 aromatic heterocycles. The normalized spacial score (nSPS) is 23.9. The fraction of sp³-hybridized carbons (Fsp3) is 0.917. The molecule has 0 radical (unpaired) electrons. The van der Waals surface area contributed by atoms with Crippen molar-refractivity contribution in [1.82, 2.24) is 0 Å². The molecule has 0 saturated carbocycles. The van der Waals surface area contributed by atoms with Crippen LogP contribution in [-0.2, 0) is 19.1 Å². The first-order chi connectivity index (χ1) is 13.6. The lowest BCUT2D eigenvalue weighted by Crippen LogP contribution is -2.12. The van der Waals surface area contributed by atoms with Gasteiger partial charge >= 0.3 is 11.9 Å². The van der Waals surface area contributed by atoms with Crippen molar-refractivity contribution in [3.63, 3.8) is 0 Å². The second-order valence-corrected chi connectivity index (χ2v) is 8.62. The zero-order valence-corrected chi connectivity index (χ0v) is 18.7. The van der Waals surface area contributed by atoms with Gasteiger partial charge in [0.05, 0.1) is 6.42 Å². The number of hydrogen-bond acceptors (Lipinski definition) is 4. The topological polar surface area (TPSA) is 52.6 Å². The standard InChI is InChI=1S/C14H26O2.C10H18O2/c1-2-3-4-5-6-7-8-9-10-13-11-12-14(15)16-13;1-3-4-5-6-9-8(2)7-10(11)12-9/h13H,2-12H2,1H3;8-9H,3-7H2,1-2H3. The molecule has 2 rings (SSSR count). The zero-order valence-electron chi connectivity index (χ0n) is 18.7. The van der Waals surface area contributed by atoms with Crippen LogP contribution in [0.5, 0.6) is 0 Å². The van der Waals surface area contributed by atoms with Gasteiger partial charge in [-0.15, -0.1) is 0 Å². The summed E-state index contributed by atoms with van der Waals surface area (Å²) < 4.78 is 10.4. The van der Waals surface area contributed by atoms with E-state index in [1.54, 1.807) is 0 Å². The van der Waals surface area contributed by atoms with Gasteiger partial charge in [0.1, 0.15) is 12.2 Å². The van der Waals surface area contributed by atoms with Gasteiger partial charge in [0, 0.05) is 12.3 Å². The van der Waals surface area contributed by atoms with E-state index >= 15 is 0 Å². The first-order valence-electron chi connectivity index (χ1n) is 12.0. The van der Waals surface area contributed by atoms with E-state index in [9.17, 15) is 9.59 Å². The molecule has 2 aliphatic rings. The second kappa shape index (κ2) is 15.8. The molecule has 0 aromatic carbocycles. The van der Waals surface area contributed by atoms with E-state index in [0.717, 1.165) is 19.3 Å². The highest BCUT2D eigenvalue weighted by molar-refractivity contribution is 5.72. The van der Waals surface area contributed by atoms with Crippen LogP contribution < -0.4 is 0 Å². The predicted molar refractivity (Wildman–Crippen MR) is 114 cm³/mol. The number of carbonyl (C=O) groups excluding carboxylic acids is 2. The van der Waals surface area contributed by atoms with Crippen molar-refractivity contribution in [1.29, 1.82) is 0 Å². The summed E-state index contributed by atoms with van der Waals surface area (Å²) in [5, 5.41) is 0. The highest BCUT2D eigenvalue weighted by Gasteiger charge is 2.30. The first-order valence-corrected chi connectivity index (χ1v) is 12.0. The Kier molecular flexibility index (Phi) is 14.1. The van der Waals surface area contributed by atoms with Gasteiger partial charge in [-0.3, -0.25) is 9.59 Å². The minimum Gasteiger partial charge on any atom is -0.462 e. The van der Waals surface area contributed by atoms with Crippen LogP contribution >= 0.6 is 0 Å². The van der Waals surface area contributed by atoms with Gasteiger partial charge in [-0.25, -0.2) is 0 Å². The summed E-state index contributed by atoms with van der Waals surface area (Å²) >= 11 is 0. The lowest BCUT2D eigenvalue weighted by atomic mass is 9.99. The Labute approximate surface area is 173 Å². The van der Waals surface area contributed by atoms with Crippen LogP contribution in [0.1, 0.15) is 124 Å². The maximum Gasteiger partial charge on any atom is 0.306 e. The third kappa shape index (κ3) is 11.7. The van der Waals surface area contributed by atoms with Crippen molar-refractivity contribution in [3.8, 4) is 0 Å². The molecule has 0 N–H and O–H groups in total. The summed E-state index contributed by atoms with van der Waals surface area (Å²) in [6.07, 6.45) is 19.3. The molecule has 2 heterocycles. The minimum atomic E-state index is -0.0102. The summed E-state index contributed by atoms with van der Waals surface area (Å²) in [5.74, 6) is 0.433. The summed E-state index contributed by atoms with van der Waals surface area (Å²) in [6.45, 7) is 6.54. The van der Waals surface area contributed by atoms with E-state index in [4.69, 9.17) is 9.47 Å². The van der Waals surface area contributed by atoms with Gasteiger partial charge in [-0.1, -0.05) is 78.6 Å². The molecule has 3 unspecified atom stereocenters. The third-order valence-corrected chi connectivity index (χ3v) is 5.85. The molecule has 0 amide bonds. The number of cyclic esters (lactones) is 2. The Bertz CT molecular complexity index is 421. The van der Waals surface area contributed by atoms with E-state index in [2.05, 4.69) is 20.8 Å². The van der Waals surface area contributed by atoms with Crippen LogP contribution in [0.15, 0.2) is 0 Å². The van der Waals surface area contributed by atoms with Crippen LogP contribution in [-0.4, -0.2) is 24.1 Å². The van der Waals surface area contributed by atoms with E-state index < -0.39 is 0 Å². The molecule has 164 valence electrons. The molecule has 0 spiro atoms. The minimum absolute atomic E-state index is 0.00423. The molecule has 2 aliphatic heterocycles. The summed E-state index contributed by atoms with van der Waals surface area (Å²) in [4.78, 5) is 21.7. The lowest BCUT2D eigenvalue weighted by Gasteiger charge is -2.12. The van der Waals surface area contributed by atoms with Crippen LogP contribution in [0.2, 0.25) is 0 Å². The van der Waals surface area contributed by atoms with Gasteiger partial charge in [0.25, 0.3) is 0 Å². The van der Waals surface area contributed by atoms with Crippen molar-refractivity contribution in [2.24, 2.45) is 5.92 Å². The maximum atomic E-state index is 10.9. The number of unbranched alkanes of at least 4 members (excludes halogenated alkanes) is 9. The van der Waals surface area contributed by atoms with Crippen molar-refractivity contribution in [2.75, 3.05) is 0 Å². The molecular formula is C24H44O4. The quantitative estimate of drug-likeness (QED) is 0.255. The second-order valence-electron chi connectivity index (χ2n) is 8.62. The number of carbonyl (C=O) groups is 2. The molecule has 3 atom stereocenters. The molecule has 2 saturated heterocycles. The number of rotatable bonds is 13. The molecule has 0 aromatic rings. The van der Waals surface area contributed by atoms with Crippen molar-refractivity contribution < 1.29 is 19.1 Å². The Morgan fingerprint density at radius 1 is 0.750 bits per heavy atom. The predicted octanol–water partition coefficient (Wildman–Crippen LogP) is 6.74. The average molecular weight is 397 g/mol. The average Bonchev–Trinajstić information content (AvgIpc) is 3.22. The van der Waals surface area contributed by atoms with Crippen molar-refractivity contribution in [2.45, 2.75) is 136 Å². The van der Waals surface area contributed by atoms with Crippen LogP contribution in [0, 0.1) is 5.92 Å². The van der Waals surface area contributed by atoms with Crippen molar-refractivity contribution >= 4 is 11.9 Å². The van der Waals surface area contributed by atoms with Gasteiger partial charge in [0.2, 0.25) is 0 Å². The lowest BCUT2D eigenvalue weighted by molar-refractivity contribution is -0.142. The molecule has 4 heteroatoms. The maximum absolute atomic E-state index is 10.9. The Morgan fingerprint density at radius 3 is 1.86 bits per heavy atom. The Morgan fingerprint density at radius 2 is 1.32 bits per heavy atom. The summed E-state index contributed by atoms with van der Waals surface area (Å²) in [7, 11) is 0. The number of ether oxygens (including phenoxy) is 2. The highest BCUT2D eigenvalue weighted by atomic mass is 16.6. The van der Waals surface area contributed by atoms with E-state index in [1.165, 1.54) is 70.6 Å². The molecular weight excluding hydrogens is 352 g/mol. The molecule has 4 nitrogen and oxygen atoms in total. The molecule has 2 fully saturated rings. The van der Waals surface area contributed by atoms with Gasteiger partial charge in [-0.2, -0.15) is 0 Å². The fourth-order valence-corrected chi connectivity index (χ4v) is 3.96. The zero-order chi connectivity index (χ0) is 20.6. The van der Waals surface area contributed by atoms with Crippen LogP contribution in [0.3, 0.4) is 0 Å².